The first-order valence-corrected chi connectivity index (χ1v) is 9.19. The Morgan fingerprint density at radius 2 is 1.85 bits per heavy atom. The van der Waals surface area contributed by atoms with Crippen molar-refractivity contribution < 1.29 is 22.7 Å². The van der Waals surface area contributed by atoms with Crippen LogP contribution in [0.1, 0.15) is 12.0 Å². The number of carbonyl (C=O) groups excluding carboxylic acids is 1. The van der Waals surface area contributed by atoms with Gasteiger partial charge in [-0.05, 0) is 24.6 Å². The van der Waals surface area contributed by atoms with Gasteiger partial charge in [-0.3, -0.25) is 4.79 Å². The Kier molecular flexibility index (Phi) is 4.55. The van der Waals surface area contributed by atoms with Crippen molar-refractivity contribution in [2.24, 2.45) is 17.8 Å². The van der Waals surface area contributed by atoms with Crippen molar-refractivity contribution in [3.63, 3.8) is 0 Å². The molecule has 0 aromatic heterocycles. The number of carbonyl (C=O) groups is 1. The fraction of sp³-hybridized carbons (Fsp3) is 0.611. The van der Waals surface area contributed by atoms with E-state index in [1.807, 2.05) is 9.80 Å². The molecule has 8 heteroatoms. The summed E-state index contributed by atoms with van der Waals surface area (Å²) < 4.78 is 44.6. The lowest BCUT2D eigenvalue weighted by Crippen LogP contribution is -2.37. The minimum absolute atomic E-state index is 0.118. The molecule has 0 spiro atoms. The van der Waals surface area contributed by atoms with E-state index in [0.29, 0.717) is 37.0 Å². The van der Waals surface area contributed by atoms with Gasteiger partial charge in [-0.15, -0.1) is 0 Å². The Morgan fingerprint density at radius 1 is 1.15 bits per heavy atom. The van der Waals surface area contributed by atoms with Crippen LogP contribution in [-0.2, 0) is 15.7 Å². The number of ether oxygens (including phenoxy) is 1. The second-order valence-corrected chi connectivity index (χ2v) is 7.80. The van der Waals surface area contributed by atoms with Crippen LogP contribution in [0, 0.1) is 17.8 Å². The van der Waals surface area contributed by atoms with Gasteiger partial charge in [0.2, 0.25) is 5.91 Å². The van der Waals surface area contributed by atoms with E-state index in [1.54, 1.807) is 6.07 Å². The first-order chi connectivity index (χ1) is 12.3. The smallest absolute Gasteiger partial charge is 0.381 e. The molecule has 0 bridgehead atoms. The molecule has 3 aliphatic rings. The van der Waals surface area contributed by atoms with Crippen LogP contribution in [0.15, 0.2) is 18.2 Å². The molecule has 26 heavy (non-hydrogen) atoms. The average Bonchev–Trinajstić information content (AvgIpc) is 3.29. The van der Waals surface area contributed by atoms with Gasteiger partial charge >= 0.3 is 6.18 Å². The van der Waals surface area contributed by atoms with Gasteiger partial charge in [0.15, 0.2) is 0 Å². The van der Waals surface area contributed by atoms with E-state index in [0.717, 1.165) is 32.4 Å². The summed E-state index contributed by atoms with van der Waals surface area (Å²) in [5, 5.41) is -0.307. The minimum Gasteiger partial charge on any atom is -0.381 e. The van der Waals surface area contributed by atoms with Crippen LogP contribution in [0.25, 0.3) is 0 Å². The highest BCUT2D eigenvalue weighted by Crippen LogP contribution is 2.38. The third-order valence-corrected chi connectivity index (χ3v) is 6.04. The molecule has 0 aliphatic carbocycles. The Balaban J connectivity index is 1.43. The van der Waals surface area contributed by atoms with Crippen molar-refractivity contribution in [1.82, 2.24) is 4.90 Å². The van der Waals surface area contributed by atoms with Crippen molar-refractivity contribution in [3.05, 3.63) is 28.8 Å². The quantitative estimate of drug-likeness (QED) is 0.779. The minimum atomic E-state index is -4.49. The molecule has 3 saturated heterocycles. The van der Waals surface area contributed by atoms with Gasteiger partial charge in [0, 0.05) is 43.7 Å². The Labute approximate surface area is 154 Å². The van der Waals surface area contributed by atoms with E-state index in [9.17, 15) is 18.0 Å². The highest BCUT2D eigenvalue weighted by Gasteiger charge is 2.42. The molecule has 3 aliphatic heterocycles. The summed E-state index contributed by atoms with van der Waals surface area (Å²) in [5.41, 5.74) is -0.373. The molecule has 0 N–H and O–H groups in total. The number of benzene rings is 1. The Bertz CT molecular complexity index is 700. The molecule has 3 unspecified atom stereocenters. The molecule has 1 amide bonds. The predicted molar refractivity (Wildman–Crippen MR) is 91.2 cm³/mol. The SMILES string of the molecule is O=C(C1CCN(c2ccc(Cl)c(C(F)(F)F)c2)C1)N1CC2COCC2C1. The lowest BCUT2D eigenvalue weighted by molar-refractivity contribution is -0.137. The maximum Gasteiger partial charge on any atom is 0.417 e. The van der Waals surface area contributed by atoms with Gasteiger partial charge in [0.1, 0.15) is 0 Å². The number of likely N-dealkylation sites (tertiary alicyclic amines) is 1. The molecule has 142 valence electrons. The largest absolute Gasteiger partial charge is 0.417 e. The monoisotopic (exact) mass is 388 g/mol. The summed E-state index contributed by atoms with van der Waals surface area (Å²) in [6.45, 7) is 3.92. The molecule has 1 aromatic rings. The number of rotatable bonds is 2. The number of halogens is 4. The summed E-state index contributed by atoms with van der Waals surface area (Å²) in [6, 6.07) is 3.94. The third-order valence-electron chi connectivity index (χ3n) is 5.71. The average molecular weight is 389 g/mol. The van der Waals surface area contributed by atoms with Crippen molar-refractivity contribution in [2.45, 2.75) is 12.6 Å². The van der Waals surface area contributed by atoms with Crippen LogP contribution in [0.5, 0.6) is 0 Å². The Morgan fingerprint density at radius 3 is 2.50 bits per heavy atom. The van der Waals surface area contributed by atoms with E-state index >= 15 is 0 Å². The summed E-state index contributed by atoms with van der Waals surface area (Å²) in [5.74, 6) is 0.816. The van der Waals surface area contributed by atoms with Crippen LogP contribution < -0.4 is 4.90 Å². The molecule has 0 radical (unpaired) electrons. The molecule has 3 heterocycles. The van der Waals surface area contributed by atoms with Gasteiger partial charge in [-0.25, -0.2) is 0 Å². The topological polar surface area (TPSA) is 32.8 Å². The molecule has 4 nitrogen and oxygen atoms in total. The van der Waals surface area contributed by atoms with E-state index in [1.165, 1.54) is 6.07 Å². The number of hydrogen-bond acceptors (Lipinski definition) is 3. The zero-order chi connectivity index (χ0) is 18.5. The summed E-state index contributed by atoms with van der Waals surface area (Å²) >= 11 is 5.69. The maximum absolute atomic E-state index is 13.1. The molecule has 4 rings (SSSR count). The highest BCUT2D eigenvalue weighted by molar-refractivity contribution is 6.31. The van der Waals surface area contributed by atoms with Gasteiger partial charge in [0.25, 0.3) is 0 Å². The molecule has 3 fully saturated rings. The lowest BCUT2D eigenvalue weighted by atomic mass is 10.0. The molecule has 1 aromatic carbocycles. The molecular formula is C18H20ClF3N2O2. The number of nitrogens with zero attached hydrogens (tertiary/aromatic N) is 2. The van der Waals surface area contributed by atoms with E-state index in [2.05, 4.69) is 0 Å². The van der Waals surface area contributed by atoms with Crippen molar-refractivity contribution >= 4 is 23.2 Å². The molecule has 3 atom stereocenters. The predicted octanol–water partition coefficient (Wildman–Crippen LogP) is 3.29. The van der Waals surface area contributed by atoms with E-state index in [-0.39, 0.29) is 16.8 Å². The van der Waals surface area contributed by atoms with Gasteiger partial charge < -0.3 is 14.5 Å². The summed E-state index contributed by atoms with van der Waals surface area (Å²) in [7, 11) is 0. The fourth-order valence-corrected chi connectivity index (χ4v) is 4.47. The zero-order valence-electron chi connectivity index (χ0n) is 14.1. The van der Waals surface area contributed by atoms with Gasteiger partial charge in [-0.2, -0.15) is 13.2 Å². The van der Waals surface area contributed by atoms with Crippen LogP contribution in [0.4, 0.5) is 18.9 Å². The zero-order valence-corrected chi connectivity index (χ0v) is 14.9. The summed E-state index contributed by atoms with van der Waals surface area (Å²) in [4.78, 5) is 16.5. The van der Waals surface area contributed by atoms with Gasteiger partial charge in [-0.1, -0.05) is 11.6 Å². The van der Waals surface area contributed by atoms with Gasteiger partial charge in [0.05, 0.1) is 29.7 Å². The number of hydrogen-bond donors (Lipinski definition) is 0. The Hall–Kier alpha value is -1.47. The highest BCUT2D eigenvalue weighted by atomic mass is 35.5. The fourth-order valence-electron chi connectivity index (χ4n) is 4.25. The number of alkyl halides is 3. The lowest BCUT2D eigenvalue weighted by Gasteiger charge is -2.23. The number of anilines is 1. The molecule has 0 saturated carbocycles. The number of fused-ring (bicyclic) bond motifs is 1. The first-order valence-electron chi connectivity index (χ1n) is 8.81. The van der Waals surface area contributed by atoms with Crippen LogP contribution in [0.3, 0.4) is 0 Å². The van der Waals surface area contributed by atoms with Crippen molar-refractivity contribution in [3.8, 4) is 0 Å². The number of amides is 1. The normalized spacial score (nSPS) is 28.7. The maximum atomic E-state index is 13.1. The van der Waals surface area contributed by atoms with Crippen LogP contribution in [-0.4, -0.2) is 50.2 Å². The van der Waals surface area contributed by atoms with Crippen molar-refractivity contribution in [1.29, 1.82) is 0 Å². The second-order valence-electron chi connectivity index (χ2n) is 7.39. The molecular weight excluding hydrogens is 369 g/mol. The first kappa shape index (κ1) is 17.9. The van der Waals surface area contributed by atoms with E-state index < -0.39 is 11.7 Å². The third kappa shape index (κ3) is 3.27. The van der Waals surface area contributed by atoms with Crippen LogP contribution >= 0.6 is 11.6 Å². The van der Waals surface area contributed by atoms with E-state index in [4.69, 9.17) is 16.3 Å². The summed E-state index contributed by atoms with van der Waals surface area (Å²) in [6.07, 6.45) is -3.83. The second kappa shape index (κ2) is 6.60. The van der Waals surface area contributed by atoms with Crippen molar-refractivity contribution in [2.75, 3.05) is 44.3 Å². The standard InChI is InChI=1S/C18H20ClF3N2O2/c19-16-2-1-14(5-15(16)18(20,21)22)23-4-3-11(6-23)17(25)24-7-12-9-26-10-13(12)8-24/h1-2,5,11-13H,3-4,6-10H2. The van der Waals surface area contributed by atoms with Crippen LogP contribution in [0.2, 0.25) is 5.02 Å².